The minimum Gasteiger partial charge on any atom is -0.496 e. The number of nitrogens with one attached hydrogen (secondary N) is 1. The molecule has 0 aliphatic carbocycles. The largest absolute Gasteiger partial charge is 0.496 e. The van der Waals surface area contributed by atoms with Crippen molar-refractivity contribution in [2.24, 2.45) is 9.98 Å². The second kappa shape index (κ2) is 10.3. The molecule has 0 radical (unpaired) electrons. The Labute approximate surface area is 212 Å². The van der Waals surface area contributed by atoms with E-state index in [0.29, 0.717) is 33.8 Å². The molecule has 2 amide bonds. The Kier molecular flexibility index (Phi) is 6.81. The van der Waals surface area contributed by atoms with Crippen LogP contribution >= 0.6 is 11.8 Å². The first-order valence-electron chi connectivity index (χ1n) is 11.4. The third-order valence-corrected chi connectivity index (χ3v) is 6.90. The number of para-hydroxylation sites is 2. The van der Waals surface area contributed by atoms with Crippen molar-refractivity contribution in [3.05, 3.63) is 95.3 Å². The number of thioether (sulfide) groups is 1. The van der Waals surface area contributed by atoms with Gasteiger partial charge in [0.05, 0.1) is 19.2 Å². The lowest BCUT2D eigenvalue weighted by Crippen LogP contribution is -2.42. The standard InChI is InChI=1S/C27H23FN4O3S/c1-35-23-13-7-3-8-17(23)15-29-24(33)14-22-26(34)32-25(30-22)19-10-4-6-12-21(19)31-27(32)36-16-18-9-2-5-11-20(18)28/h2-13,22H,14-16H2,1H3,(H,29,33)/t22-/m0/s1. The van der Waals surface area contributed by atoms with Crippen LogP contribution in [0.1, 0.15) is 23.1 Å². The van der Waals surface area contributed by atoms with Crippen molar-refractivity contribution in [2.75, 3.05) is 7.11 Å². The minimum atomic E-state index is -0.872. The summed E-state index contributed by atoms with van der Waals surface area (Å²) in [6.07, 6.45) is -0.0958. The third-order valence-electron chi connectivity index (χ3n) is 5.91. The smallest absolute Gasteiger partial charge is 0.259 e. The predicted octanol–water partition coefficient (Wildman–Crippen LogP) is 4.43. The molecule has 7 nitrogen and oxygen atoms in total. The minimum absolute atomic E-state index is 0.0958. The molecule has 0 aromatic heterocycles. The van der Waals surface area contributed by atoms with E-state index in [0.717, 1.165) is 11.1 Å². The van der Waals surface area contributed by atoms with Crippen molar-refractivity contribution < 1.29 is 18.7 Å². The zero-order valence-electron chi connectivity index (χ0n) is 19.5. The average molecular weight is 503 g/mol. The molecule has 1 atom stereocenters. The van der Waals surface area contributed by atoms with Gasteiger partial charge in [-0.2, -0.15) is 0 Å². The van der Waals surface area contributed by atoms with Crippen LogP contribution in [0, 0.1) is 5.82 Å². The zero-order chi connectivity index (χ0) is 25.1. The van der Waals surface area contributed by atoms with Gasteiger partial charge < -0.3 is 10.1 Å². The van der Waals surface area contributed by atoms with Gasteiger partial charge in [0, 0.05) is 23.4 Å². The molecule has 182 valence electrons. The molecule has 3 aromatic carbocycles. The maximum Gasteiger partial charge on any atom is 0.259 e. The van der Waals surface area contributed by atoms with E-state index >= 15 is 0 Å². The second-order valence-electron chi connectivity index (χ2n) is 8.23. The molecule has 0 saturated heterocycles. The number of ether oxygens (including phenoxy) is 1. The quantitative estimate of drug-likeness (QED) is 0.518. The van der Waals surface area contributed by atoms with Gasteiger partial charge in [0.2, 0.25) is 5.91 Å². The van der Waals surface area contributed by atoms with E-state index in [-0.39, 0.29) is 30.6 Å². The van der Waals surface area contributed by atoms with Crippen LogP contribution in [-0.2, 0) is 21.9 Å². The number of benzene rings is 3. The number of methoxy groups -OCH3 is 1. The molecule has 1 N–H and O–H groups in total. The van der Waals surface area contributed by atoms with Gasteiger partial charge in [0.15, 0.2) is 5.17 Å². The highest BCUT2D eigenvalue weighted by Crippen LogP contribution is 2.35. The number of carbonyl (C=O) groups excluding carboxylic acids is 2. The fourth-order valence-corrected chi connectivity index (χ4v) is 5.07. The number of aliphatic imine (C=N–C) groups is 2. The molecule has 2 heterocycles. The Hall–Kier alpha value is -3.98. The summed E-state index contributed by atoms with van der Waals surface area (Å²) in [5.74, 6) is 0.504. The van der Waals surface area contributed by atoms with Gasteiger partial charge in [0.1, 0.15) is 23.4 Å². The molecule has 36 heavy (non-hydrogen) atoms. The first-order chi connectivity index (χ1) is 17.5. The SMILES string of the molecule is COc1ccccc1CNC(=O)C[C@@H]1N=C2c3ccccc3N=C(SCc3ccccc3F)N2C1=O. The number of rotatable bonds is 7. The van der Waals surface area contributed by atoms with E-state index in [1.165, 1.54) is 22.7 Å². The molecule has 0 saturated carbocycles. The lowest BCUT2D eigenvalue weighted by molar-refractivity contribution is -0.128. The lowest BCUT2D eigenvalue weighted by atomic mass is 10.1. The molecule has 0 fully saturated rings. The van der Waals surface area contributed by atoms with Crippen LogP contribution in [0.15, 0.2) is 82.8 Å². The van der Waals surface area contributed by atoms with E-state index in [1.54, 1.807) is 25.3 Å². The van der Waals surface area contributed by atoms with Crippen LogP contribution in [0.2, 0.25) is 0 Å². The summed E-state index contributed by atoms with van der Waals surface area (Å²) in [4.78, 5) is 36.9. The van der Waals surface area contributed by atoms with Crippen LogP contribution in [0.25, 0.3) is 0 Å². The number of halogens is 1. The van der Waals surface area contributed by atoms with Crippen LogP contribution in [0.5, 0.6) is 5.75 Å². The Morgan fingerprint density at radius 3 is 2.58 bits per heavy atom. The number of amidine groups is 2. The first kappa shape index (κ1) is 23.7. The van der Waals surface area contributed by atoms with Gasteiger partial charge in [-0.1, -0.05) is 60.3 Å². The Bertz CT molecular complexity index is 1390. The predicted molar refractivity (Wildman–Crippen MR) is 138 cm³/mol. The van der Waals surface area contributed by atoms with E-state index in [2.05, 4.69) is 15.3 Å². The Balaban J connectivity index is 1.33. The van der Waals surface area contributed by atoms with Gasteiger partial charge in [-0.25, -0.2) is 14.3 Å². The van der Waals surface area contributed by atoms with E-state index < -0.39 is 6.04 Å². The first-order valence-corrected chi connectivity index (χ1v) is 12.4. The molecule has 5 rings (SSSR count). The van der Waals surface area contributed by atoms with Gasteiger partial charge in [-0.15, -0.1) is 0 Å². The van der Waals surface area contributed by atoms with E-state index in [9.17, 15) is 14.0 Å². The summed E-state index contributed by atoms with van der Waals surface area (Å²) in [7, 11) is 1.57. The number of fused-ring (bicyclic) bond motifs is 3. The Morgan fingerprint density at radius 2 is 1.78 bits per heavy atom. The van der Waals surface area contributed by atoms with Crippen molar-refractivity contribution in [3.63, 3.8) is 0 Å². The molecule has 0 bridgehead atoms. The van der Waals surface area contributed by atoms with Crippen molar-refractivity contribution in [1.29, 1.82) is 0 Å². The topological polar surface area (TPSA) is 83.4 Å². The van der Waals surface area contributed by atoms with Crippen LogP contribution in [0.4, 0.5) is 10.1 Å². The lowest BCUT2D eigenvalue weighted by Gasteiger charge is -2.25. The van der Waals surface area contributed by atoms with E-state index in [4.69, 9.17) is 4.74 Å². The van der Waals surface area contributed by atoms with Gasteiger partial charge in [0.25, 0.3) is 5.91 Å². The fraction of sp³-hybridized carbons (Fsp3) is 0.185. The third kappa shape index (κ3) is 4.74. The van der Waals surface area contributed by atoms with Crippen LogP contribution < -0.4 is 10.1 Å². The van der Waals surface area contributed by atoms with Gasteiger partial charge in [-0.3, -0.25) is 14.6 Å². The molecule has 0 unspecified atom stereocenters. The summed E-state index contributed by atoms with van der Waals surface area (Å²) < 4.78 is 19.5. The van der Waals surface area contributed by atoms with Gasteiger partial charge >= 0.3 is 0 Å². The molecule has 9 heteroatoms. The van der Waals surface area contributed by atoms with Crippen LogP contribution in [0.3, 0.4) is 0 Å². The highest BCUT2D eigenvalue weighted by molar-refractivity contribution is 8.13. The molecular weight excluding hydrogens is 479 g/mol. The summed E-state index contributed by atoms with van der Waals surface area (Å²) in [5.41, 5.74) is 2.75. The highest BCUT2D eigenvalue weighted by Gasteiger charge is 2.42. The Morgan fingerprint density at radius 1 is 1.06 bits per heavy atom. The summed E-state index contributed by atoms with van der Waals surface area (Å²) in [5, 5.41) is 3.26. The van der Waals surface area contributed by atoms with Crippen molar-refractivity contribution >= 4 is 40.3 Å². The summed E-state index contributed by atoms with van der Waals surface area (Å²) in [6, 6.07) is 20.5. The fourth-order valence-electron chi connectivity index (χ4n) is 4.08. The monoisotopic (exact) mass is 502 g/mol. The highest BCUT2D eigenvalue weighted by atomic mass is 32.2. The molecule has 3 aromatic rings. The molecule has 0 spiro atoms. The molecule has 2 aliphatic heterocycles. The van der Waals surface area contributed by atoms with E-state index in [1.807, 2.05) is 48.5 Å². The molecule has 2 aliphatic rings. The normalized spacial score (nSPS) is 16.1. The summed E-state index contributed by atoms with van der Waals surface area (Å²) in [6.45, 7) is 0.276. The molecular formula is C27H23FN4O3S. The summed E-state index contributed by atoms with van der Waals surface area (Å²) >= 11 is 1.26. The number of hydrogen-bond acceptors (Lipinski definition) is 6. The van der Waals surface area contributed by atoms with Crippen molar-refractivity contribution in [1.82, 2.24) is 10.2 Å². The second-order valence-corrected chi connectivity index (χ2v) is 9.17. The maximum absolute atomic E-state index is 14.2. The maximum atomic E-state index is 14.2. The number of amides is 2. The van der Waals surface area contributed by atoms with Crippen molar-refractivity contribution in [2.45, 2.75) is 24.8 Å². The number of carbonyl (C=O) groups is 2. The average Bonchev–Trinajstić information content (AvgIpc) is 3.23. The number of hydrogen-bond donors (Lipinski definition) is 1. The zero-order valence-corrected chi connectivity index (χ0v) is 20.3. The van der Waals surface area contributed by atoms with Gasteiger partial charge in [-0.05, 0) is 29.8 Å². The number of nitrogens with zero attached hydrogens (tertiary/aromatic N) is 3. The van der Waals surface area contributed by atoms with Crippen molar-refractivity contribution in [3.8, 4) is 5.75 Å². The van der Waals surface area contributed by atoms with Crippen LogP contribution in [-0.4, -0.2) is 40.9 Å².